The minimum Gasteiger partial charge on any atom is -0.494 e. The van der Waals surface area contributed by atoms with Gasteiger partial charge in [0.05, 0.1) is 7.11 Å². The highest BCUT2D eigenvalue weighted by Crippen LogP contribution is 2.36. The summed E-state index contributed by atoms with van der Waals surface area (Å²) >= 11 is 0. The summed E-state index contributed by atoms with van der Waals surface area (Å²) in [6.07, 6.45) is 0.688. The van der Waals surface area contributed by atoms with E-state index in [9.17, 15) is 4.39 Å². The molecule has 1 aliphatic rings. The first kappa shape index (κ1) is 14.1. The van der Waals surface area contributed by atoms with Gasteiger partial charge in [0.15, 0.2) is 11.6 Å². The van der Waals surface area contributed by atoms with Crippen LogP contribution in [0.1, 0.15) is 16.7 Å². The number of benzene rings is 2. The highest BCUT2D eigenvalue weighted by Gasteiger charge is 2.40. The smallest absolute Gasteiger partial charge is 0.168 e. The van der Waals surface area contributed by atoms with Gasteiger partial charge in [0.1, 0.15) is 0 Å². The molecule has 0 radical (unpaired) electrons. The molecule has 0 bridgehead atoms. The summed E-state index contributed by atoms with van der Waals surface area (Å²) in [5.41, 5.74) is 3.28. The number of rotatable bonds is 4. The SMILES string of the molecule is COc1cccc(CC2(c3ccccc3C)CNC2)c1F. The van der Waals surface area contributed by atoms with Crippen LogP contribution in [0.2, 0.25) is 0 Å². The first-order valence-electron chi connectivity index (χ1n) is 7.24. The van der Waals surface area contributed by atoms with Crippen molar-refractivity contribution < 1.29 is 9.13 Å². The zero-order valence-corrected chi connectivity index (χ0v) is 12.4. The zero-order chi connectivity index (χ0) is 14.9. The molecule has 0 atom stereocenters. The van der Waals surface area contributed by atoms with Crippen LogP contribution >= 0.6 is 0 Å². The lowest BCUT2D eigenvalue weighted by molar-refractivity contribution is 0.269. The van der Waals surface area contributed by atoms with E-state index in [0.29, 0.717) is 12.2 Å². The van der Waals surface area contributed by atoms with Gasteiger partial charge in [0.25, 0.3) is 0 Å². The Bertz CT molecular complexity index is 649. The van der Waals surface area contributed by atoms with E-state index in [2.05, 4.69) is 30.4 Å². The number of halogens is 1. The first-order chi connectivity index (χ1) is 10.2. The Morgan fingerprint density at radius 2 is 1.90 bits per heavy atom. The molecule has 0 aliphatic carbocycles. The molecule has 21 heavy (non-hydrogen) atoms. The molecule has 3 heteroatoms. The molecule has 1 aliphatic heterocycles. The average molecular weight is 285 g/mol. The lowest BCUT2D eigenvalue weighted by Crippen LogP contribution is -2.58. The summed E-state index contributed by atoms with van der Waals surface area (Å²) in [5.74, 6) is 0.0829. The highest BCUT2D eigenvalue weighted by molar-refractivity contribution is 5.40. The van der Waals surface area contributed by atoms with Crippen molar-refractivity contribution in [2.24, 2.45) is 0 Å². The Morgan fingerprint density at radius 1 is 1.14 bits per heavy atom. The molecule has 0 amide bonds. The van der Waals surface area contributed by atoms with Crippen LogP contribution in [0.3, 0.4) is 0 Å². The number of hydrogen-bond donors (Lipinski definition) is 1. The Hall–Kier alpha value is -1.87. The van der Waals surface area contributed by atoms with E-state index in [1.54, 1.807) is 6.07 Å². The van der Waals surface area contributed by atoms with E-state index < -0.39 is 0 Å². The van der Waals surface area contributed by atoms with Crippen LogP contribution in [0.5, 0.6) is 5.75 Å². The summed E-state index contributed by atoms with van der Waals surface area (Å²) in [6, 6.07) is 13.8. The van der Waals surface area contributed by atoms with E-state index in [1.165, 1.54) is 18.2 Å². The number of hydrogen-bond acceptors (Lipinski definition) is 2. The number of aryl methyl sites for hydroxylation is 1. The largest absolute Gasteiger partial charge is 0.494 e. The summed E-state index contributed by atoms with van der Waals surface area (Å²) in [7, 11) is 1.50. The molecule has 0 spiro atoms. The van der Waals surface area contributed by atoms with E-state index >= 15 is 0 Å². The number of nitrogens with one attached hydrogen (secondary N) is 1. The van der Waals surface area contributed by atoms with Crippen LogP contribution in [0.25, 0.3) is 0 Å². The zero-order valence-electron chi connectivity index (χ0n) is 12.4. The molecule has 0 saturated carbocycles. The Morgan fingerprint density at radius 3 is 2.52 bits per heavy atom. The molecule has 1 saturated heterocycles. The Balaban J connectivity index is 1.97. The molecule has 0 unspecified atom stereocenters. The van der Waals surface area contributed by atoms with Crippen molar-refractivity contribution in [1.29, 1.82) is 0 Å². The van der Waals surface area contributed by atoms with Gasteiger partial charge in [-0.2, -0.15) is 0 Å². The van der Waals surface area contributed by atoms with Gasteiger partial charge < -0.3 is 10.1 Å². The summed E-state index contributed by atoms with van der Waals surface area (Å²) < 4.78 is 19.5. The molecule has 2 aromatic rings. The van der Waals surface area contributed by atoms with Crippen molar-refractivity contribution in [1.82, 2.24) is 5.32 Å². The molecule has 2 aromatic carbocycles. The molecule has 1 fully saturated rings. The van der Waals surface area contributed by atoms with Crippen molar-refractivity contribution in [3.8, 4) is 5.75 Å². The molecule has 3 rings (SSSR count). The van der Waals surface area contributed by atoms with E-state index in [0.717, 1.165) is 18.7 Å². The molecular formula is C18H20FNO. The van der Waals surface area contributed by atoms with Crippen LogP contribution in [0.4, 0.5) is 4.39 Å². The van der Waals surface area contributed by atoms with Gasteiger partial charge in [0.2, 0.25) is 0 Å². The van der Waals surface area contributed by atoms with Crippen LogP contribution in [-0.4, -0.2) is 20.2 Å². The van der Waals surface area contributed by atoms with Gasteiger partial charge in [-0.1, -0.05) is 36.4 Å². The second-order valence-corrected chi connectivity index (χ2v) is 5.81. The minimum atomic E-state index is -0.236. The summed E-state index contributed by atoms with van der Waals surface area (Å²) in [5, 5.41) is 3.34. The van der Waals surface area contributed by atoms with Crippen LogP contribution in [-0.2, 0) is 11.8 Å². The van der Waals surface area contributed by atoms with Gasteiger partial charge in [-0.05, 0) is 36.1 Å². The minimum absolute atomic E-state index is 0.0153. The predicted octanol–water partition coefficient (Wildman–Crippen LogP) is 3.23. The molecule has 2 nitrogen and oxygen atoms in total. The summed E-state index contributed by atoms with van der Waals surface area (Å²) in [4.78, 5) is 0. The van der Waals surface area contributed by atoms with Gasteiger partial charge in [-0.3, -0.25) is 0 Å². The second kappa shape index (κ2) is 5.49. The molecular weight excluding hydrogens is 265 g/mol. The van der Waals surface area contributed by atoms with E-state index in [4.69, 9.17) is 4.74 Å². The highest BCUT2D eigenvalue weighted by atomic mass is 19.1. The second-order valence-electron chi connectivity index (χ2n) is 5.81. The third-order valence-electron chi connectivity index (χ3n) is 4.44. The predicted molar refractivity (Wildman–Crippen MR) is 82.4 cm³/mol. The fourth-order valence-corrected chi connectivity index (χ4v) is 3.22. The Kier molecular flexibility index (Phi) is 3.68. The fraction of sp³-hybridized carbons (Fsp3) is 0.333. The lowest BCUT2D eigenvalue weighted by Gasteiger charge is -2.44. The topological polar surface area (TPSA) is 21.3 Å². The van der Waals surface area contributed by atoms with E-state index in [1.807, 2.05) is 18.2 Å². The lowest BCUT2D eigenvalue weighted by atomic mass is 9.69. The van der Waals surface area contributed by atoms with Crippen molar-refractivity contribution in [3.63, 3.8) is 0 Å². The molecule has 1 N–H and O–H groups in total. The van der Waals surface area contributed by atoms with Crippen molar-refractivity contribution >= 4 is 0 Å². The van der Waals surface area contributed by atoms with Crippen molar-refractivity contribution in [2.75, 3.05) is 20.2 Å². The standard InChI is InChI=1S/C18H20FNO/c1-13-6-3-4-8-15(13)18(11-20-12-18)10-14-7-5-9-16(21-2)17(14)19/h3-9,20H,10-12H2,1-2H3. The monoisotopic (exact) mass is 285 g/mol. The van der Waals surface area contributed by atoms with Gasteiger partial charge in [-0.15, -0.1) is 0 Å². The number of ether oxygens (including phenoxy) is 1. The fourth-order valence-electron chi connectivity index (χ4n) is 3.22. The molecule has 0 aromatic heterocycles. The van der Waals surface area contributed by atoms with Gasteiger partial charge in [-0.25, -0.2) is 4.39 Å². The van der Waals surface area contributed by atoms with Gasteiger partial charge in [0, 0.05) is 18.5 Å². The molecule has 1 heterocycles. The normalized spacial score (nSPS) is 16.3. The Labute approximate surface area is 125 Å². The maximum atomic E-state index is 14.4. The van der Waals surface area contributed by atoms with E-state index in [-0.39, 0.29) is 11.2 Å². The third-order valence-corrected chi connectivity index (χ3v) is 4.44. The maximum Gasteiger partial charge on any atom is 0.168 e. The number of methoxy groups -OCH3 is 1. The van der Waals surface area contributed by atoms with Crippen LogP contribution in [0.15, 0.2) is 42.5 Å². The first-order valence-corrected chi connectivity index (χ1v) is 7.24. The molecule has 110 valence electrons. The van der Waals surface area contributed by atoms with Crippen LogP contribution < -0.4 is 10.1 Å². The van der Waals surface area contributed by atoms with Crippen molar-refractivity contribution in [3.05, 3.63) is 65.0 Å². The summed E-state index contributed by atoms with van der Waals surface area (Å²) in [6.45, 7) is 3.89. The van der Waals surface area contributed by atoms with Crippen molar-refractivity contribution in [2.45, 2.75) is 18.8 Å². The van der Waals surface area contributed by atoms with Gasteiger partial charge >= 0.3 is 0 Å². The third kappa shape index (κ3) is 2.42. The maximum absolute atomic E-state index is 14.4. The average Bonchev–Trinajstić information content (AvgIpc) is 2.45. The van der Waals surface area contributed by atoms with Crippen LogP contribution in [0, 0.1) is 12.7 Å². The quantitative estimate of drug-likeness (QED) is 0.931.